The molecule has 0 saturated heterocycles. The standard InChI is InChI=1S/C10H20N4/c1-2-3-4-5-6-11-7-8-14-10-12-9-13-14/h9-11H,2-8H2,1H3. The summed E-state index contributed by atoms with van der Waals surface area (Å²) in [4.78, 5) is 3.89. The molecular formula is C10H20N4. The summed E-state index contributed by atoms with van der Waals surface area (Å²) in [5.41, 5.74) is 0. The fourth-order valence-corrected chi connectivity index (χ4v) is 1.34. The summed E-state index contributed by atoms with van der Waals surface area (Å²) in [6, 6.07) is 0. The lowest BCUT2D eigenvalue weighted by molar-refractivity contribution is 0.534. The summed E-state index contributed by atoms with van der Waals surface area (Å²) in [5.74, 6) is 0. The molecule has 0 spiro atoms. The van der Waals surface area contributed by atoms with Crippen LogP contribution in [0.15, 0.2) is 12.7 Å². The maximum absolute atomic E-state index is 4.03. The Morgan fingerprint density at radius 2 is 2.14 bits per heavy atom. The molecule has 14 heavy (non-hydrogen) atoms. The van der Waals surface area contributed by atoms with E-state index >= 15 is 0 Å². The Balaban J connectivity index is 1.85. The molecule has 1 aromatic rings. The molecule has 4 nitrogen and oxygen atoms in total. The van der Waals surface area contributed by atoms with Crippen LogP contribution in [0.5, 0.6) is 0 Å². The zero-order valence-corrected chi connectivity index (χ0v) is 8.95. The molecule has 1 aromatic heterocycles. The third-order valence-electron chi connectivity index (χ3n) is 2.19. The van der Waals surface area contributed by atoms with Gasteiger partial charge in [0.2, 0.25) is 0 Å². The monoisotopic (exact) mass is 196 g/mol. The van der Waals surface area contributed by atoms with Crippen LogP contribution >= 0.6 is 0 Å². The molecule has 0 aliphatic carbocycles. The minimum absolute atomic E-state index is 0.910. The summed E-state index contributed by atoms with van der Waals surface area (Å²) in [7, 11) is 0. The highest BCUT2D eigenvalue weighted by Gasteiger charge is 1.91. The molecule has 1 N–H and O–H groups in total. The quantitative estimate of drug-likeness (QED) is 0.640. The first-order valence-corrected chi connectivity index (χ1v) is 5.46. The molecule has 0 atom stereocenters. The molecule has 0 radical (unpaired) electrons. The molecular weight excluding hydrogens is 176 g/mol. The number of hydrogen-bond donors (Lipinski definition) is 1. The first-order valence-electron chi connectivity index (χ1n) is 5.46. The number of unbranched alkanes of at least 4 members (excludes halogenated alkanes) is 3. The smallest absolute Gasteiger partial charge is 0.137 e. The minimum atomic E-state index is 0.910. The Morgan fingerprint density at radius 1 is 1.21 bits per heavy atom. The topological polar surface area (TPSA) is 42.7 Å². The van der Waals surface area contributed by atoms with E-state index in [1.165, 1.54) is 25.7 Å². The van der Waals surface area contributed by atoms with E-state index in [9.17, 15) is 0 Å². The third kappa shape index (κ3) is 4.97. The van der Waals surface area contributed by atoms with Gasteiger partial charge in [0, 0.05) is 6.54 Å². The third-order valence-corrected chi connectivity index (χ3v) is 2.19. The molecule has 0 amide bonds. The number of hydrogen-bond acceptors (Lipinski definition) is 3. The average molecular weight is 196 g/mol. The van der Waals surface area contributed by atoms with E-state index in [0.29, 0.717) is 0 Å². The van der Waals surface area contributed by atoms with Crippen LogP contribution in [0.2, 0.25) is 0 Å². The van der Waals surface area contributed by atoms with Crippen molar-refractivity contribution >= 4 is 0 Å². The van der Waals surface area contributed by atoms with Gasteiger partial charge in [-0.15, -0.1) is 0 Å². The molecule has 0 aliphatic rings. The first kappa shape index (κ1) is 11.2. The van der Waals surface area contributed by atoms with Crippen molar-refractivity contribution in [3.8, 4) is 0 Å². The van der Waals surface area contributed by atoms with Gasteiger partial charge in [-0.25, -0.2) is 4.98 Å². The van der Waals surface area contributed by atoms with Gasteiger partial charge >= 0.3 is 0 Å². The Morgan fingerprint density at radius 3 is 2.86 bits per heavy atom. The molecule has 0 fully saturated rings. The molecule has 0 aromatic carbocycles. The second-order valence-electron chi connectivity index (χ2n) is 3.47. The zero-order chi connectivity index (χ0) is 10.1. The van der Waals surface area contributed by atoms with E-state index in [4.69, 9.17) is 0 Å². The lowest BCUT2D eigenvalue weighted by Gasteiger charge is -2.03. The minimum Gasteiger partial charge on any atom is -0.315 e. The van der Waals surface area contributed by atoms with Crippen molar-refractivity contribution in [3.05, 3.63) is 12.7 Å². The number of rotatable bonds is 8. The number of nitrogens with one attached hydrogen (secondary N) is 1. The summed E-state index contributed by atoms with van der Waals surface area (Å²) in [6.07, 6.45) is 8.60. The predicted molar refractivity (Wildman–Crippen MR) is 57.0 cm³/mol. The highest BCUT2D eigenvalue weighted by atomic mass is 15.3. The Labute approximate surface area is 85.7 Å². The summed E-state index contributed by atoms with van der Waals surface area (Å²) >= 11 is 0. The average Bonchev–Trinajstić information content (AvgIpc) is 2.69. The van der Waals surface area contributed by atoms with Crippen LogP contribution in [0.1, 0.15) is 32.6 Å². The lowest BCUT2D eigenvalue weighted by atomic mass is 10.2. The molecule has 0 unspecified atom stereocenters. The number of nitrogens with zero attached hydrogens (tertiary/aromatic N) is 3. The molecule has 0 bridgehead atoms. The first-order chi connectivity index (χ1) is 6.93. The highest BCUT2D eigenvalue weighted by Crippen LogP contribution is 1.96. The highest BCUT2D eigenvalue weighted by molar-refractivity contribution is 4.57. The molecule has 4 heteroatoms. The predicted octanol–water partition coefficient (Wildman–Crippen LogP) is 1.45. The van der Waals surface area contributed by atoms with Gasteiger partial charge in [0.05, 0.1) is 6.54 Å². The van der Waals surface area contributed by atoms with Crippen molar-refractivity contribution in [2.45, 2.75) is 39.2 Å². The van der Waals surface area contributed by atoms with Crippen molar-refractivity contribution in [2.75, 3.05) is 13.1 Å². The van der Waals surface area contributed by atoms with Gasteiger partial charge in [-0.1, -0.05) is 26.2 Å². The SMILES string of the molecule is CCCCCCNCCn1cncn1. The van der Waals surface area contributed by atoms with E-state index in [-0.39, 0.29) is 0 Å². The lowest BCUT2D eigenvalue weighted by Crippen LogP contribution is -2.21. The number of aromatic nitrogens is 3. The summed E-state index contributed by atoms with van der Waals surface area (Å²) < 4.78 is 1.85. The fourth-order valence-electron chi connectivity index (χ4n) is 1.34. The van der Waals surface area contributed by atoms with Crippen molar-refractivity contribution in [1.82, 2.24) is 20.1 Å². The van der Waals surface area contributed by atoms with Gasteiger partial charge in [0.25, 0.3) is 0 Å². The second kappa shape index (κ2) is 7.50. The van der Waals surface area contributed by atoms with Crippen LogP contribution in [0.4, 0.5) is 0 Å². The Bertz CT molecular complexity index is 208. The van der Waals surface area contributed by atoms with Crippen LogP contribution in [-0.4, -0.2) is 27.9 Å². The molecule has 1 heterocycles. The normalized spacial score (nSPS) is 10.6. The maximum Gasteiger partial charge on any atom is 0.137 e. The van der Waals surface area contributed by atoms with E-state index in [2.05, 4.69) is 22.3 Å². The van der Waals surface area contributed by atoms with Crippen LogP contribution in [0.3, 0.4) is 0 Å². The van der Waals surface area contributed by atoms with Gasteiger partial charge in [-0.3, -0.25) is 4.68 Å². The zero-order valence-electron chi connectivity index (χ0n) is 8.95. The molecule has 0 aliphatic heterocycles. The van der Waals surface area contributed by atoms with Gasteiger partial charge in [0.15, 0.2) is 0 Å². The van der Waals surface area contributed by atoms with E-state index in [0.717, 1.165) is 19.6 Å². The van der Waals surface area contributed by atoms with E-state index in [1.807, 2.05) is 4.68 Å². The van der Waals surface area contributed by atoms with Gasteiger partial charge in [-0.05, 0) is 13.0 Å². The Kier molecular flexibility index (Phi) is 5.99. The Hall–Kier alpha value is -0.900. The van der Waals surface area contributed by atoms with Crippen molar-refractivity contribution < 1.29 is 0 Å². The maximum atomic E-state index is 4.03. The van der Waals surface area contributed by atoms with Gasteiger partial charge in [0.1, 0.15) is 12.7 Å². The van der Waals surface area contributed by atoms with Crippen LogP contribution in [-0.2, 0) is 6.54 Å². The van der Waals surface area contributed by atoms with Crippen molar-refractivity contribution in [2.24, 2.45) is 0 Å². The largest absolute Gasteiger partial charge is 0.315 e. The van der Waals surface area contributed by atoms with Crippen LogP contribution in [0.25, 0.3) is 0 Å². The van der Waals surface area contributed by atoms with Crippen LogP contribution < -0.4 is 5.32 Å². The second-order valence-corrected chi connectivity index (χ2v) is 3.47. The molecule has 1 rings (SSSR count). The van der Waals surface area contributed by atoms with Crippen molar-refractivity contribution in [1.29, 1.82) is 0 Å². The van der Waals surface area contributed by atoms with Crippen LogP contribution in [0, 0.1) is 0 Å². The van der Waals surface area contributed by atoms with E-state index < -0.39 is 0 Å². The molecule has 80 valence electrons. The fraction of sp³-hybridized carbons (Fsp3) is 0.800. The van der Waals surface area contributed by atoms with Gasteiger partial charge < -0.3 is 5.32 Å². The van der Waals surface area contributed by atoms with E-state index in [1.54, 1.807) is 12.7 Å². The summed E-state index contributed by atoms with van der Waals surface area (Å²) in [6.45, 7) is 5.25. The summed E-state index contributed by atoms with van der Waals surface area (Å²) in [5, 5.41) is 7.42. The molecule has 0 saturated carbocycles. The van der Waals surface area contributed by atoms with Crippen molar-refractivity contribution in [3.63, 3.8) is 0 Å². The van der Waals surface area contributed by atoms with Gasteiger partial charge in [-0.2, -0.15) is 5.10 Å².